The number of ether oxygens (including phenoxy) is 1. The van der Waals surface area contributed by atoms with Crippen molar-refractivity contribution in [1.29, 1.82) is 0 Å². The van der Waals surface area contributed by atoms with Crippen LogP contribution in [0.15, 0.2) is 24.4 Å². The lowest BCUT2D eigenvalue weighted by atomic mass is 10.1. The van der Waals surface area contributed by atoms with Gasteiger partial charge in [0.1, 0.15) is 12.9 Å². The highest BCUT2D eigenvalue weighted by Gasteiger charge is 2.12. The Morgan fingerprint density at radius 3 is 2.69 bits per heavy atom. The monoisotopic (exact) mass is 221 g/mol. The van der Waals surface area contributed by atoms with Crippen molar-refractivity contribution in [2.24, 2.45) is 0 Å². The van der Waals surface area contributed by atoms with Gasteiger partial charge in [-0.15, -0.1) is 0 Å². The van der Waals surface area contributed by atoms with Crippen LogP contribution in [0.1, 0.15) is 10.4 Å². The number of aromatic nitrogens is 1. The normalized spacial score (nSPS) is 10.4. The third-order valence-corrected chi connectivity index (χ3v) is 2.40. The molecule has 5 heteroatoms. The van der Waals surface area contributed by atoms with E-state index in [0.717, 1.165) is 5.39 Å². The summed E-state index contributed by atoms with van der Waals surface area (Å²) in [5.74, 6) is -0.477. The third kappa shape index (κ3) is 1.46. The molecule has 0 amide bonds. The summed E-state index contributed by atoms with van der Waals surface area (Å²) in [6.45, 7) is 0. The van der Waals surface area contributed by atoms with Gasteiger partial charge in [-0.2, -0.15) is 4.73 Å². The first kappa shape index (κ1) is 10.4. The number of aromatic carboxylic acids is 1. The molecule has 0 bridgehead atoms. The fourth-order valence-electron chi connectivity index (χ4n) is 1.64. The predicted octanol–water partition coefficient (Wildman–Crippen LogP) is 1.41. The Morgan fingerprint density at radius 2 is 2.12 bits per heavy atom. The van der Waals surface area contributed by atoms with Crippen LogP contribution < -0.4 is 9.57 Å². The highest BCUT2D eigenvalue weighted by Crippen LogP contribution is 2.28. The Morgan fingerprint density at radius 1 is 1.38 bits per heavy atom. The van der Waals surface area contributed by atoms with Gasteiger partial charge in [0.05, 0.1) is 18.2 Å². The summed E-state index contributed by atoms with van der Waals surface area (Å²) >= 11 is 0. The van der Waals surface area contributed by atoms with Crippen molar-refractivity contribution in [3.05, 3.63) is 30.0 Å². The van der Waals surface area contributed by atoms with Gasteiger partial charge in [-0.1, -0.05) is 0 Å². The second-order valence-electron chi connectivity index (χ2n) is 3.24. The van der Waals surface area contributed by atoms with Crippen molar-refractivity contribution < 1.29 is 19.5 Å². The second-order valence-corrected chi connectivity index (χ2v) is 3.24. The van der Waals surface area contributed by atoms with E-state index in [1.165, 1.54) is 25.0 Å². The first-order chi connectivity index (χ1) is 7.67. The summed E-state index contributed by atoms with van der Waals surface area (Å²) < 4.78 is 6.63. The molecule has 1 aromatic heterocycles. The Kier molecular flexibility index (Phi) is 2.44. The summed E-state index contributed by atoms with van der Waals surface area (Å²) in [4.78, 5) is 16.0. The maximum Gasteiger partial charge on any atom is 0.335 e. The number of hydrogen-bond acceptors (Lipinski definition) is 3. The van der Waals surface area contributed by atoms with Crippen LogP contribution in [0, 0.1) is 0 Å². The molecular weight excluding hydrogens is 210 g/mol. The molecule has 1 N–H and O–H groups in total. The van der Waals surface area contributed by atoms with E-state index in [2.05, 4.69) is 0 Å². The maximum absolute atomic E-state index is 10.9. The summed E-state index contributed by atoms with van der Waals surface area (Å²) in [5, 5.41) is 9.77. The van der Waals surface area contributed by atoms with Crippen LogP contribution in [-0.2, 0) is 0 Å². The molecule has 0 atom stereocenters. The molecule has 2 aromatic rings. The zero-order chi connectivity index (χ0) is 11.7. The number of fused-ring (bicyclic) bond motifs is 1. The van der Waals surface area contributed by atoms with Gasteiger partial charge in [0, 0.05) is 11.6 Å². The van der Waals surface area contributed by atoms with Crippen molar-refractivity contribution in [3.8, 4) is 5.75 Å². The number of benzene rings is 1. The van der Waals surface area contributed by atoms with Gasteiger partial charge in [0.25, 0.3) is 0 Å². The van der Waals surface area contributed by atoms with E-state index < -0.39 is 5.97 Å². The first-order valence-electron chi connectivity index (χ1n) is 4.64. The second kappa shape index (κ2) is 3.77. The van der Waals surface area contributed by atoms with Gasteiger partial charge in [-0.05, 0) is 18.2 Å². The van der Waals surface area contributed by atoms with E-state index in [0.29, 0.717) is 11.3 Å². The molecule has 1 aromatic carbocycles. The lowest BCUT2D eigenvalue weighted by Gasteiger charge is -2.06. The number of carbonyl (C=O) groups is 1. The molecule has 0 fully saturated rings. The standard InChI is InChI=1S/C11H11NO4/c1-15-10-6-7(11(13)14)5-9-8(10)3-4-12(9)16-2/h3-6H,1-2H3,(H,13,14). The van der Waals surface area contributed by atoms with Gasteiger partial charge < -0.3 is 14.7 Å². The molecule has 16 heavy (non-hydrogen) atoms. The van der Waals surface area contributed by atoms with Gasteiger partial charge in [0.2, 0.25) is 0 Å². The molecule has 0 unspecified atom stereocenters. The minimum Gasteiger partial charge on any atom is -0.496 e. The fourth-order valence-corrected chi connectivity index (χ4v) is 1.64. The number of methoxy groups -OCH3 is 1. The van der Waals surface area contributed by atoms with Crippen molar-refractivity contribution in [2.75, 3.05) is 14.2 Å². The molecule has 0 spiro atoms. The molecule has 0 radical (unpaired) electrons. The Hall–Kier alpha value is -2.17. The average molecular weight is 221 g/mol. The largest absolute Gasteiger partial charge is 0.496 e. The third-order valence-electron chi connectivity index (χ3n) is 2.40. The van der Waals surface area contributed by atoms with Crippen LogP contribution in [-0.4, -0.2) is 30.0 Å². The van der Waals surface area contributed by atoms with Crippen LogP contribution in [0.3, 0.4) is 0 Å². The topological polar surface area (TPSA) is 60.7 Å². The molecule has 5 nitrogen and oxygen atoms in total. The highest BCUT2D eigenvalue weighted by molar-refractivity contribution is 5.96. The Labute approximate surface area is 91.8 Å². The molecule has 0 saturated carbocycles. The average Bonchev–Trinajstić information content (AvgIpc) is 2.70. The van der Waals surface area contributed by atoms with E-state index in [1.54, 1.807) is 12.3 Å². The molecule has 0 aliphatic heterocycles. The Balaban J connectivity index is 2.76. The van der Waals surface area contributed by atoms with Crippen molar-refractivity contribution >= 4 is 16.9 Å². The van der Waals surface area contributed by atoms with E-state index in [1.807, 2.05) is 6.07 Å². The number of carboxylic acids is 1. The zero-order valence-corrected chi connectivity index (χ0v) is 8.93. The lowest BCUT2D eigenvalue weighted by Crippen LogP contribution is -2.04. The fraction of sp³-hybridized carbons (Fsp3) is 0.182. The molecule has 0 saturated heterocycles. The number of rotatable bonds is 3. The van der Waals surface area contributed by atoms with E-state index in [4.69, 9.17) is 14.7 Å². The van der Waals surface area contributed by atoms with Crippen LogP contribution in [0.25, 0.3) is 10.9 Å². The van der Waals surface area contributed by atoms with Crippen LogP contribution in [0.2, 0.25) is 0 Å². The summed E-state index contributed by atoms with van der Waals surface area (Å²) in [6, 6.07) is 4.84. The van der Waals surface area contributed by atoms with Crippen molar-refractivity contribution in [1.82, 2.24) is 4.73 Å². The quantitative estimate of drug-likeness (QED) is 0.851. The summed E-state index contributed by atoms with van der Waals surface area (Å²) in [7, 11) is 3.02. The number of carboxylic acid groups (broad SMARTS) is 1. The molecule has 1 heterocycles. The zero-order valence-electron chi connectivity index (χ0n) is 8.93. The molecule has 84 valence electrons. The number of nitrogens with zero attached hydrogens (tertiary/aromatic N) is 1. The molecule has 0 aliphatic carbocycles. The highest BCUT2D eigenvalue weighted by atomic mass is 16.6. The van der Waals surface area contributed by atoms with E-state index in [-0.39, 0.29) is 5.56 Å². The molecule has 2 rings (SSSR count). The van der Waals surface area contributed by atoms with Gasteiger partial charge in [-0.3, -0.25) is 0 Å². The van der Waals surface area contributed by atoms with Gasteiger partial charge >= 0.3 is 5.97 Å². The summed E-state index contributed by atoms with van der Waals surface area (Å²) in [6.07, 6.45) is 1.71. The van der Waals surface area contributed by atoms with Gasteiger partial charge in [-0.25, -0.2) is 4.79 Å². The molecule has 0 aliphatic rings. The minimum atomic E-state index is -0.996. The van der Waals surface area contributed by atoms with Crippen molar-refractivity contribution in [3.63, 3.8) is 0 Å². The maximum atomic E-state index is 10.9. The van der Waals surface area contributed by atoms with E-state index in [9.17, 15) is 4.79 Å². The minimum absolute atomic E-state index is 0.168. The van der Waals surface area contributed by atoms with Crippen molar-refractivity contribution in [2.45, 2.75) is 0 Å². The lowest BCUT2D eigenvalue weighted by molar-refractivity contribution is 0.0696. The Bertz CT molecular complexity index is 544. The number of hydrogen-bond donors (Lipinski definition) is 1. The molecular formula is C11H11NO4. The summed E-state index contributed by atoms with van der Waals surface area (Å²) in [5.41, 5.74) is 0.834. The SMILES string of the molecule is COc1cc(C(=O)O)cc2c1ccn2OC. The predicted molar refractivity (Wildman–Crippen MR) is 58.0 cm³/mol. The van der Waals surface area contributed by atoms with Crippen LogP contribution in [0.5, 0.6) is 5.75 Å². The van der Waals surface area contributed by atoms with Gasteiger partial charge in [0.15, 0.2) is 0 Å². The van der Waals surface area contributed by atoms with E-state index >= 15 is 0 Å². The first-order valence-corrected chi connectivity index (χ1v) is 4.64. The smallest absolute Gasteiger partial charge is 0.335 e. The van der Waals surface area contributed by atoms with Crippen LogP contribution >= 0.6 is 0 Å². The van der Waals surface area contributed by atoms with Crippen LogP contribution in [0.4, 0.5) is 0 Å².